The average molecular weight is 319 g/mol. The highest BCUT2D eigenvalue weighted by molar-refractivity contribution is 5.79. The van der Waals surface area contributed by atoms with Crippen molar-refractivity contribution in [3.05, 3.63) is 35.6 Å². The molecule has 1 aliphatic heterocycles. The van der Waals surface area contributed by atoms with Crippen LogP contribution in [-0.2, 0) is 16.1 Å². The molecule has 0 atom stereocenters. The molecular weight excluding hydrogens is 293 g/mol. The van der Waals surface area contributed by atoms with E-state index in [0.29, 0.717) is 25.3 Å². The van der Waals surface area contributed by atoms with E-state index in [2.05, 4.69) is 0 Å². The summed E-state index contributed by atoms with van der Waals surface area (Å²) in [4.78, 5) is 15.0. The van der Waals surface area contributed by atoms with E-state index < -0.39 is 0 Å². The van der Waals surface area contributed by atoms with Gasteiger partial charge in [-0.1, -0.05) is 37.5 Å². The molecule has 1 saturated heterocycles. The normalized spacial score (nSPS) is 20.4. The minimum absolute atomic E-state index is 0.0393. The number of carbonyl (C=O) groups is 1. The number of hydrogen-bond donors (Lipinski definition) is 0. The van der Waals surface area contributed by atoms with E-state index >= 15 is 0 Å². The Labute approximate surface area is 137 Å². The molecule has 2 fully saturated rings. The smallest absolute Gasteiger partial charge is 0.226 e. The molecule has 0 radical (unpaired) electrons. The van der Waals surface area contributed by atoms with Crippen LogP contribution in [0.2, 0.25) is 0 Å². The zero-order valence-corrected chi connectivity index (χ0v) is 13.7. The molecule has 3 nitrogen and oxygen atoms in total. The molecule has 1 amide bonds. The van der Waals surface area contributed by atoms with Crippen molar-refractivity contribution in [2.75, 3.05) is 13.2 Å². The van der Waals surface area contributed by atoms with Crippen molar-refractivity contribution in [2.45, 2.75) is 57.5 Å². The molecule has 0 N–H and O–H groups in total. The second-order valence-electron chi connectivity index (χ2n) is 6.74. The lowest BCUT2D eigenvalue weighted by atomic mass is 9.91. The van der Waals surface area contributed by atoms with E-state index in [1.807, 2.05) is 11.0 Å². The third kappa shape index (κ3) is 4.11. The molecule has 0 bridgehead atoms. The van der Waals surface area contributed by atoms with Gasteiger partial charge in [0.1, 0.15) is 5.82 Å². The van der Waals surface area contributed by atoms with Gasteiger partial charge in [-0.25, -0.2) is 4.39 Å². The van der Waals surface area contributed by atoms with Crippen molar-refractivity contribution in [1.29, 1.82) is 0 Å². The number of ether oxygens (including phenoxy) is 1. The Morgan fingerprint density at radius 2 is 1.78 bits per heavy atom. The number of halogens is 1. The second-order valence-corrected chi connectivity index (χ2v) is 6.74. The van der Waals surface area contributed by atoms with Gasteiger partial charge in [0.15, 0.2) is 0 Å². The molecule has 2 aliphatic rings. The lowest BCUT2D eigenvalue weighted by Crippen LogP contribution is -2.45. The summed E-state index contributed by atoms with van der Waals surface area (Å²) >= 11 is 0. The van der Waals surface area contributed by atoms with Crippen LogP contribution in [0.1, 0.15) is 50.5 Å². The van der Waals surface area contributed by atoms with Gasteiger partial charge in [0.2, 0.25) is 5.91 Å². The Kier molecular flexibility index (Phi) is 5.65. The SMILES string of the molecule is O=C(C1CCOCC1)N(Cc1ccccc1F)C1CCCCC1. The molecule has 1 aliphatic carbocycles. The van der Waals surface area contributed by atoms with Gasteiger partial charge in [0.25, 0.3) is 0 Å². The van der Waals surface area contributed by atoms with Gasteiger partial charge < -0.3 is 9.64 Å². The topological polar surface area (TPSA) is 29.5 Å². The van der Waals surface area contributed by atoms with Crippen LogP contribution in [0.25, 0.3) is 0 Å². The summed E-state index contributed by atoms with van der Waals surface area (Å²) in [6.07, 6.45) is 7.25. The molecule has 0 spiro atoms. The molecule has 0 aromatic heterocycles. The summed E-state index contributed by atoms with van der Waals surface area (Å²) in [6.45, 7) is 1.72. The molecule has 1 aromatic carbocycles. The molecule has 4 heteroatoms. The van der Waals surface area contributed by atoms with Crippen molar-refractivity contribution in [3.8, 4) is 0 Å². The van der Waals surface area contributed by atoms with Crippen LogP contribution in [-0.4, -0.2) is 30.1 Å². The van der Waals surface area contributed by atoms with E-state index in [1.54, 1.807) is 12.1 Å². The summed E-state index contributed by atoms with van der Waals surface area (Å²) in [5.74, 6) is 0.0222. The third-order valence-corrected chi connectivity index (χ3v) is 5.17. The summed E-state index contributed by atoms with van der Waals surface area (Å²) in [6, 6.07) is 7.08. The average Bonchev–Trinajstić information content (AvgIpc) is 2.62. The summed E-state index contributed by atoms with van der Waals surface area (Å²) in [5.41, 5.74) is 0.624. The third-order valence-electron chi connectivity index (χ3n) is 5.17. The first-order valence-electron chi connectivity index (χ1n) is 8.87. The zero-order chi connectivity index (χ0) is 16.1. The van der Waals surface area contributed by atoms with Gasteiger partial charge in [-0.3, -0.25) is 4.79 Å². The highest BCUT2D eigenvalue weighted by atomic mass is 19.1. The predicted octanol–water partition coefficient (Wildman–Crippen LogP) is 3.91. The van der Waals surface area contributed by atoms with E-state index in [-0.39, 0.29) is 23.7 Å². The highest BCUT2D eigenvalue weighted by Gasteiger charge is 2.32. The minimum Gasteiger partial charge on any atom is -0.381 e. The molecule has 0 unspecified atom stereocenters. The number of carbonyl (C=O) groups excluding carboxylic acids is 1. The monoisotopic (exact) mass is 319 g/mol. The number of rotatable bonds is 4. The van der Waals surface area contributed by atoms with Gasteiger partial charge in [0, 0.05) is 37.3 Å². The first-order chi connectivity index (χ1) is 11.3. The van der Waals surface area contributed by atoms with Crippen LogP contribution in [0.3, 0.4) is 0 Å². The highest BCUT2D eigenvalue weighted by Crippen LogP contribution is 2.28. The van der Waals surface area contributed by atoms with Gasteiger partial charge in [-0.2, -0.15) is 0 Å². The zero-order valence-electron chi connectivity index (χ0n) is 13.7. The molecule has 1 aromatic rings. The lowest BCUT2D eigenvalue weighted by molar-refractivity contribution is -0.142. The summed E-state index contributed by atoms with van der Waals surface area (Å²) in [5, 5.41) is 0. The molecule has 3 rings (SSSR count). The van der Waals surface area contributed by atoms with Crippen molar-refractivity contribution < 1.29 is 13.9 Å². The first kappa shape index (κ1) is 16.4. The Bertz CT molecular complexity index is 522. The van der Waals surface area contributed by atoms with Gasteiger partial charge in [-0.15, -0.1) is 0 Å². The Morgan fingerprint density at radius 3 is 2.48 bits per heavy atom. The summed E-state index contributed by atoms with van der Waals surface area (Å²) in [7, 11) is 0. The maximum absolute atomic E-state index is 14.1. The van der Waals surface area contributed by atoms with E-state index in [1.165, 1.54) is 25.3 Å². The Balaban J connectivity index is 1.77. The predicted molar refractivity (Wildman–Crippen MR) is 87.4 cm³/mol. The second kappa shape index (κ2) is 7.91. The van der Waals surface area contributed by atoms with Gasteiger partial charge in [-0.05, 0) is 31.7 Å². The fourth-order valence-electron chi connectivity index (χ4n) is 3.77. The number of amides is 1. The molecule has 23 heavy (non-hydrogen) atoms. The number of nitrogens with zero attached hydrogens (tertiary/aromatic N) is 1. The fraction of sp³-hybridized carbons (Fsp3) is 0.632. The quantitative estimate of drug-likeness (QED) is 0.842. The standard InChI is InChI=1S/C19H26FNO2/c20-18-9-5-4-6-16(18)14-21(17-7-2-1-3-8-17)19(22)15-10-12-23-13-11-15/h4-6,9,15,17H,1-3,7-8,10-14H2. The fourth-order valence-corrected chi connectivity index (χ4v) is 3.77. The number of hydrogen-bond acceptors (Lipinski definition) is 2. The van der Waals surface area contributed by atoms with E-state index in [4.69, 9.17) is 4.74 Å². The Morgan fingerprint density at radius 1 is 1.09 bits per heavy atom. The Hall–Kier alpha value is -1.42. The van der Waals surface area contributed by atoms with Crippen LogP contribution < -0.4 is 0 Å². The maximum atomic E-state index is 14.1. The van der Waals surface area contributed by atoms with E-state index in [0.717, 1.165) is 25.7 Å². The first-order valence-corrected chi connectivity index (χ1v) is 8.87. The van der Waals surface area contributed by atoms with Crippen LogP contribution in [0.15, 0.2) is 24.3 Å². The molecular formula is C19H26FNO2. The maximum Gasteiger partial charge on any atom is 0.226 e. The summed E-state index contributed by atoms with van der Waals surface area (Å²) < 4.78 is 19.4. The molecule has 126 valence electrons. The minimum atomic E-state index is -0.215. The van der Waals surface area contributed by atoms with Crippen LogP contribution in [0.4, 0.5) is 4.39 Å². The van der Waals surface area contributed by atoms with Crippen molar-refractivity contribution in [2.24, 2.45) is 5.92 Å². The van der Waals surface area contributed by atoms with Crippen LogP contribution >= 0.6 is 0 Å². The lowest BCUT2D eigenvalue weighted by Gasteiger charge is -2.37. The van der Waals surface area contributed by atoms with E-state index in [9.17, 15) is 9.18 Å². The largest absolute Gasteiger partial charge is 0.381 e. The van der Waals surface area contributed by atoms with Gasteiger partial charge >= 0.3 is 0 Å². The van der Waals surface area contributed by atoms with Crippen LogP contribution in [0, 0.1) is 11.7 Å². The number of benzene rings is 1. The van der Waals surface area contributed by atoms with Gasteiger partial charge in [0.05, 0.1) is 0 Å². The molecule has 1 heterocycles. The van der Waals surface area contributed by atoms with Crippen molar-refractivity contribution in [1.82, 2.24) is 4.90 Å². The van der Waals surface area contributed by atoms with Crippen molar-refractivity contribution in [3.63, 3.8) is 0 Å². The van der Waals surface area contributed by atoms with Crippen LogP contribution in [0.5, 0.6) is 0 Å². The van der Waals surface area contributed by atoms with Crippen molar-refractivity contribution >= 4 is 5.91 Å². The molecule has 1 saturated carbocycles.